The Balaban J connectivity index is 0.000000151. The van der Waals surface area contributed by atoms with Crippen LogP contribution in [0.3, 0.4) is 0 Å². The number of benzene rings is 4. The van der Waals surface area contributed by atoms with Crippen LogP contribution in [0.1, 0.15) is 93.4 Å². The van der Waals surface area contributed by atoms with Gasteiger partial charge in [-0.1, -0.05) is 19.4 Å². The second-order valence-corrected chi connectivity index (χ2v) is 14.4. The van der Waals surface area contributed by atoms with Gasteiger partial charge in [0.1, 0.15) is 17.4 Å². The monoisotopic (exact) mass is 696 g/mol. The van der Waals surface area contributed by atoms with E-state index in [4.69, 9.17) is 0 Å². The highest BCUT2D eigenvalue weighted by molar-refractivity contribution is 5.93. The quantitative estimate of drug-likeness (QED) is 0.172. The molecule has 264 valence electrons. The predicted molar refractivity (Wildman–Crippen MR) is 200 cm³/mol. The number of aromatic nitrogens is 4. The van der Waals surface area contributed by atoms with Crippen molar-refractivity contribution in [1.82, 2.24) is 19.6 Å². The maximum absolute atomic E-state index is 13.3. The summed E-state index contributed by atoms with van der Waals surface area (Å²) in [5.41, 5.74) is 10.2. The zero-order valence-corrected chi connectivity index (χ0v) is 29.7. The number of aryl methyl sites for hydroxylation is 2. The van der Waals surface area contributed by atoms with Gasteiger partial charge >= 0.3 is 0 Å². The average Bonchev–Trinajstić information content (AvgIpc) is 3.67. The molecule has 9 rings (SSSR count). The maximum Gasteiger partial charge on any atom is 0.155 e. The van der Waals surface area contributed by atoms with Crippen molar-refractivity contribution in [3.05, 3.63) is 131 Å². The van der Waals surface area contributed by atoms with Crippen molar-refractivity contribution < 1.29 is 18.4 Å². The molecule has 52 heavy (non-hydrogen) atoms. The van der Waals surface area contributed by atoms with Gasteiger partial charge in [0, 0.05) is 34.9 Å². The second-order valence-electron chi connectivity index (χ2n) is 14.4. The maximum atomic E-state index is 13.3. The number of hydrogen-bond donors (Lipinski definition) is 0. The van der Waals surface area contributed by atoms with Crippen molar-refractivity contribution in [1.29, 1.82) is 0 Å². The Labute approximate surface area is 302 Å². The molecule has 0 radical (unpaired) electrons. The number of fused-ring (bicyclic) bond motifs is 6. The van der Waals surface area contributed by atoms with Crippen LogP contribution >= 0.6 is 0 Å². The van der Waals surface area contributed by atoms with E-state index < -0.39 is 0 Å². The summed E-state index contributed by atoms with van der Waals surface area (Å²) in [4.78, 5) is 24.4. The first-order valence-corrected chi connectivity index (χ1v) is 18.6. The van der Waals surface area contributed by atoms with Crippen molar-refractivity contribution in [3.63, 3.8) is 0 Å². The number of Topliss-reactive ketones (excluding diaryl/α,β-unsaturated/α-hetero) is 1. The lowest BCUT2D eigenvalue weighted by atomic mass is 9.65. The summed E-state index contributed by atoms with van der Waals surface area (Å²) in [7, 11) is 0. The third kappa shape index (κ3) is 5.98. The smallest absolute Gasteiger partial charge is 0.155 e. The predicted octanol–water partition coefficient (Wildman–Crippen LogP) is 10.0. The van der Waals surface area contributed by atoms with E-state index in [2.05, 4.69) is 48.3 Å². The molecule has 2 atom stereocenters. The van der Waals surface area contributed by atoms with E-state index in [1.807, 2.05) is 27.8 Å². The van der Waals surface area contributed by atoms with Gasteiger partial charge < -0.3 is 0 Å². The molecule has 0 saturated carbocycles. The molecule has 4 aromatic carbocycles. The number of carbonyl (C=O) groups excluding carboxylic acids is 2. The largest absolute Gasteiger partial charge is 0.299 e. The van der Waals surface area contributed by atoms with Gasteiger partial charge in [-0.3, -0.25) is 9.59 Å². The topological polar surface area (TPSA) is 69.8 Å². The standard InChI is InChI=1S/C24H23FN2O.C20H19FN2O/c1-2-24-11-10-21(28)14-18(24)5-3-4-16-13-23-17(12-22(16)24)15-26-27(23)20-8-6-19(25)7-9-20;1-2-17-18-10-14-12-22-23(16-8-6-15(21)7-9-16)19(14)11-13(18)4-3-5-20(17)24/h6-9,12-15H,2-5,10-11H2,1H3;6-12,17H,2-5H2,1H3. The molecule has 0 amide bonds. The van der Waals surface area contributed by atoms with Gasteiger partial charge in [-0.15, -0.1) is 0 Å². The molecule has 0 spiro atoms. The number of nitrogens with zero attached hydrogens (tertiary/aromatic N) is 4. The molecule has 2 aromatic heterocycles. The third-order valence-corrected chi connectivity index (χ3v) is 11.6. The Morgan fingerprint density at radius 3 is 1.90 bits per heavy atom. The molecule has 6 aromatic rings. The number of carbonyl (C=O) groups is 2. The third-order valence-electron chi connectivity index (χ3n) is 11.6. The molecular weight excluding hydrogens is 655 g/mol. The van der Waals surface area contributed by atoms with Gasteiger partial charge in [0.05, 0.1) is 34.8 Å². The number of halogens is 2. The molecular formula is C44H42F2N4O2. The highest BCUT2D eigenvalue weighted by atomic mass is 19.1. The number of ketones is 2. The van der Waals surface area contributed by atoms with Gasteiger partial charge in [-0.2, -0.15) is 10.2 Å². The zero-order valence-electron chi connectivity index (χ0n) is 29.7. The number of rotatable bonds is 4. The summed E-state index contributed by atoms with van der Waals surface area (Å²) >= 11 is 0. The molecule has 0 saturated heterocycles. The summed E-state index contributed by atoms with van der Waals surface area (Å²) < 4.78 is 30.2. The van der Waals surface area contributed by atoms with Crippen LogP contribution in [0.5, 0.6) is 0 Å². The van der Waals surface area contributed by atoms with Crippen LogP contribution in [0, 0.1) is 11.6 Å². The lowest BCUT2D eigenvalue weighted by Crippen LogP contribution is -2.32. The second kappa shape index (κ2) is 13.7. The minimum Gasteiger partial charge on any atom is -0.299 e. The summed E-state index contributed by atoms with van der Waals surface area (Å²) in [6, 6.07) is 21.6. The van der Waals surface area contributed by atoms with E-state index in [1.54, 1.807) is 24.3 Å². The summed E-state index contributed by atoms with van der Waals surface area (Å²) in [5, 5.41) is 11.2. The molecule has 0 fully saturated rings. The fourth-order valence-electron chi connectivity index (χ4n) is 8.85. The number of allylic oxidation sites excluding steroid dienone is 2. The highest BCUT2D eigenvalue weighted by Crippen LogP contribution is 2.49. The Morgan fingerprint density at radius 1 is 0.712 bits per heavy atom. The average molecular weight is 697 g/mol. The van der Waals surface area contributed by atoms with Crippen LogP contribution in [0.2, 0.25) is 0 Å². The zero-order chi connectivity index (χ0) is 36.0. The van der Waals surface area contributed by atoms with E-state index >= 15 is 0 Å². The Morgan fingerprint density at radius 2 is 1.29 bits per heavy atom. The van der Waals surface area contributed by atoms with Crippen molar-refractivity contribution >= 4 is 33.4 Å². The Kier molecular flexibility index (Phi) is 8.94. The van der Waals surface area contributed by atoms with Crippen LogP contribution in [0.25, 0.3) is 33.2 Å². The number of hydrogen-bond acceptors (Lipinski definition) is 4. The van der Waals surface area contributed by atoms with Crippen molar-refractivity contribution in [2.24, 2.45) is 0 Å². The first-order chi connectivity index (χ1) is 25.3. The van der Waals surface area contributed by atoms with E-state index in [-0.39, 0.29) is 28.8 Å². The minimum absolute atomic E-state index is 0.000992. The van der Waals surface area contributed by atoms with Gasteiger partial charge in [-0.25, -0.2) is 18.1 Å². The van der Waals surface area contributed by atoms with Crippen LogP contribution in [-0.2, 0) is 27.8 Å². The lowest BCUT2D eigenvalue weighted by Gasteiger charge is -2.38. The molecule has 2 heterocycles. The summed E-state index contributed by atoms with van der Waals surface area (Å²) in [5.74, 6) is 0.119. The molecule has 3 aliphatic carbocycles. The van der Waals surface area contributed by atoms with Gasteiger partial charge in [0.25, 0.3) is 0 Å². The van der Waals surface area contributed by atoms with Gasteiger partial charge in [-0.05, 0) is 152 Å². The Hall–Kier alpha value is -5.24. The molecule has 0 N–H and O–H groups in total. The first kappa shape index (κ1) is 33.9. The fourth-order valence-corrected chi connectivity index (χ4v) is 8.85. The molecule has 2 unspecified atom stereocenters. The van der Waals surface area contributed by atoms with Crippen LogP contribution in [-0.4, -0.2) is 31.1 Å². The van der Waals surface area contributed by atoms with Gasteiger partial charge in [0.2, 0.25) is 0 Å². The molecule has 6 nitrogen and oxygen atoms in total. The van der Waals surface area contributed by atoms with E-state index in [9.17, 15) is 18.4 Å². The first-order valence-electron chi connectivity index (χ1n) is 18.6. The van der Waals surface area contributed by atoms with Crippen molar-refractivity contribution in [2.75, 3.05) is 0 Å². The normalized spacial score (nSPS) is 19.9. The van der Waals surface area contributed by atoms with Crippen molar-refractivity contribution in [2.45, 2.75) is 89.4 Å². The Bertz CT molecular complexity index is 2350. The lowest BCUT2D eigenvalue weighted by molar-refractivity contribution is -0.120. The summed E-state index contributed by atoms with van der Waals surface area (Å²) in [6.45, 7) is 4.31. The molecule has 3 aliphatic rings. The summed E-state index contributed by atoms with van der Waals surface area (Å²) in [6.07, 6.45) is 14.6. The van der Waals surface area contributed by atoms with E-state index in [0.717, 1.165) is 90.1 Å². The molecule has 0 bridgehead atoms. The molecule has 0 aliphatic heterocycles. The van der Waals surface area contributed by atoms with Crippen LogP contribution in [0.15, 0.2) is 96.8 Å². The van der Waals surface area contributed by atoms with E-state index in [0.29, 0.717) is 18.6 Å². The van der Waals surface area contributed by atoms with Crippen LogP contribution < -0.4 is 0 Å². The van der Waals surface area contributed by atoms with Crippen LogP contribution in [0.4, 0.5) is 8.78 Å². The minimum atomic E-state index is -0.256. The van der Waals surface area contributed by atoms with Crippen molar-refractivity contribution in [3.8, 4) is 11.4 Å². The van der Waals surface area contributed by atoms with Gasteiger partial charge in [0.15, 0.2) is 5.78 Å². The van der Waals surface area contributed by atoms with E-state index in [1.165, 1.54) is 46.5 Å². The SMILES string of the molecule is CCC12CCC(=O)C=C1CCCc1cc3c(cnn3-c3ccc(F)cc3)cc12.CCC1C(=O)CCCc2cc3c(cnn3-c3ccc(F)cc3)cc21. The highest BCUT2D eigenvalue weighted by Gasteiger charge is 2.40. The fraction of sp³-hybridized carbons (Fsp3) is 0.318. The molecule has 8 heteroatoms.